The number of anilines is 2. The number of nitrogens with zero attached hydrogens (tertiary/aromatic N) is 5. The number of rotatable bonds is 3. The Kier molecular flexibility index (Phi) is 4.75. The summed E-state index contributed by atoms with van der Waals surface area (Å²) < 4.78 is 2.06. The number of carbonyl (C=O) groups excluding carboxylic acids is 1. The summed E-state index contributed by atoms with van der Waals surface area (Å²) in [6.07, 6.45) is 7.17. The number of hydrogen-bond acceptors (Lipinski definition) is 4. The highest BCUT2D eigenvalue weighted by molar-refractivity contribution is 6.31. The molecular formula is C26H24ClN5O. The summed E-state index contributed by atoms with van der Waals surface area (Å²) in [5.74, 6) is 1.20. The van der Waals surface area contributed by atoms with Crippen molar-refractivity contribution in [2.45, 2.75) is 24.8 Å². The average Bonchev–Trinajstić information content (AvgIpc) is 3.34. The van der Waals surface area contributed by atoms with E-state index in [1.165, 1.54) is 0 Å². The van der Waals surface area contributed by atoms with Gasteiger partial charge in [-0.2, -0.15) is 0 Å². The van der Waals surface area contributed by atoms with E-state index in [-0.39, 0.29) is 5.91 Å². The first kappa shape index (κ1) is 20.4. The third kappa shape index (κ3) is 3.24. The molecule has 7 heteroatoms. The van der Waals surface area contributed by atoms with E-state index in [1.807, 2.05) is 66.8 Å². The second-order valence-electron chi connectivity index (χ2n) is 9.00. The van der Waals surface area contributed by atoms with E-state index in [2.05, 4.69) is 25.5 Å². The fraction of sp³-hybridized carbons (Fsp3) is 0.269. The number of amides is 1. The normalized spacial score (nSPS) is 17.8. The number of pyridine rings is 1. The summed E-state index contributed by atoms with van der Waals surface area (Å²) in [4.78, 5) is 27.4. The van der Waals surface area contributed by atoms with Crippen LogP contribution < -0.4 is 4.90 Å². The van der Waals surface area contributed by atoms with Crippen LogP contribution in [0.3, 0.4) is 0 Å². The van der Waals surface area contributed by atoms with Gasteiger partial charge in [-0.05, 0) is 55.8 Å². The minimum atomic E-state index is -0.496. The molecule has 1 fully saturated rings. The number of likely N-dealkylation sites (tertiary alicyclic amines) is 1. The van der Waals surface area contributed by atoms with Crippen molar-refractivity contribution in [1.29, 1.82) is 0 Å². The van der Waals surface area contributed by atoms with E-state index in [1.54, 1.807) is 6.20 Å². The molecule has 0 saturated carbocycles. The molecule has 0 radical (unpaired) electrons. The number of fused-ring (bicyclic) bond motifs is 3. The quantitative estimate of drug-likeness (QED) is 0.442. The highest BCUT2D eigenvalue weighted by Crippen LogP contribution is 2.50. The lowest BCUT2D eigenvalue weighted by Crippen LogP contribution is -2.47. The third-order valence-corrected chi connectivity index (χ3v) is 7.39. The van der Waals surface area contributed by atoms with Crippen LogP contribution in [0.15, 0.2) is 67.1 Å². The summed E-state index contributed by atoms with van der Waals surface area (Å²) in [6, 6.07) is 15.9. The molecular weight excluding hydrogens is 434 g/mol. The molecule has 0 N–H and O–H groups in total. The first-order valence-corrected chi connectivity index (χ1v) is 11.6. The standard InChI is InChI=1S/C26H24ClN5O/c1-30-13-10-28-24(30)17-31-11-8-26(9-12-31)21-4-2-3-5-23(21)32(25(26)33)20-14-18-6-7-19(27)15-22(18)29-16-20/h2-7,10,13-16H,8-9,11-12,17H2,1H3. The molecule has 2 aromatic heterocycles. The van der Waals surface area contributed by atoms with Gasteiger partial charge in [-0.15, -0.1) is 0 Å². The van der Waals surface area contributed by atoms with E-state index < -0.39 is 5.41 Å². The molecule has 1 saturated heterocycles. The Hall–Kier alpha value is -3.22. The Morgan fingerprint density at radius 2 is 1.88 bits per heavy atom. The summed E-state index contributed by atoms with van der Waals surface area (Å²) in [5.41, 5.74) is 3.22. The molecule has 2 aliphatic rings. The monoisotopic (exact) mass is 457 g/mol. The second kappa shape index (κ2) is 7.68. The lowest BCUT2D eigenvalue weighted by atomic mass is 9.73. The SMILES string of the molecule is Cn1ccnc1CN1CCC2(CC1)C(=O)N(c1cnc3cc(Cl)ccc3c1)c1ccccc12. The molecule has 0 atom stereocenters. The fourth-order valence-corrected chi connectivity index (χ4v) is 5.46. The van der Waals surface area contributed by atoms with Gasteiger partial charge in [0.2, 0.25) is 5.91 Å². The Morgan fingerprint density at radius 1 is 1.06 bits per heavy atom. The first-order chi connectivity index (χ1) is 16.0. The maximum absolute atomic E-state index is 14.0. The maximum Gasteiger partial charge on any atom is 0.242 e. The summed E-state index contributed by atoms with van der Waals surface area (Å²) in [5, 5.41) is 1.62. The fourth-order valence-electron chi connectivity index (χ4n) is 5.30. The van der Waals surface area contributed by atoms with Gasteiger partial charge in [0.15, 0.2) is 0 Å². The van der Waals surface area contributed by atoms with Crippen molar-refractivity contribution in [3.63, 3.8) is 0 Å². The molecule has 0 unspecified atom stereocenters. The van der Waals surface area contributed by atoms with Gasteiger partial charge in [0.05, 0.1) is 35.0 Å². The average molecular weight is 458 g/mol. The van der Waals surface area contributed by atoms with Gasteiger partial charge >= 0.3 is 0 Å². The van der Waals surface area contributed by atoms with Crippen LogP contribution in [0.4, 0.5) is 11.4 Å². The Morgan fingerprint density at radius 3 is 2.67 bits per heavy atom. The van der Waals surface area contributed by atoms with Crippen molar-refractivity contribution in [3.8, 4) is 0 Å². The summed E-state index contributed by atoms with van der Waals surface area (Å²) >= 11 is 6.12. The van der Waals surface area contributed by atoms with E-state index in [4.69, 9.17) is 11.6 Å². The van der Waals surface area contributed by atoms with Crippen molar-refractivity contribution >= 4 is 39.8 Å². The lowest BCUT2D eigenvalue weighted by molar-refractivity contribution is -0.124. The lowest BCUT2D eigenvalue weighted by Gasteiger charge is -2.38. The predicted molar refractivity (Wildman–Crippen MR) is 130 cm³/mol. The van der Waals surface area contributed by atoms with Gasteiger partial charge in [0.1, 0.15) is 5.82 Å². The molecule has 6 nitrogen and oxygen atoms in total. The summed E-state index contributed by atoms with van der Waals surface area (Å²) in [6.45, 7) is 2.51. The molecule has 1 spiro atoms. The van der Waals surface area contributed by atoms with E-state index in [0.29, 0.717) is 5.02 Å². The number of halogens is 1. The van der Waals surface area contributed by atoms with Crippen LogP contribution in [0, 0.1) is 0 Å². The zero-order valence-corrected chi connectivity index (χ0v) is 19.2. The van der Waals surface area contributed by atoms with Crippen LogP contribution in [0.25, 0.3) is 10.9 Å². The van der Waals surface area contributed by atoms with Crippen LogP contribution in [0.2, 0.25) is 5.02 Å². The minimum absolute atomic E-state index is 0.149. The highest BCUT2D eigenvalue weighted by atomic mass is 35.5. The van der Waals surface area contributed by atoms with Crippen molar-refractivity contribution in [2.24, 2.45) is 7.05 Å². The molecule has 166 valence electrons. The molecule has 0 bridgehead atoms. The van der Waals surface area contributed by atoms with Gasteiger partial charge in [-0.3, -0.25) is 19.6 Å². The largest absolute Gasteiger partial charge is 0.337 e. The zero-order chi connectivity index (χ0) is 22.6. The second-order valence-corrected chi connectivity index (χ2v) is 9.44. The minimum Gasteiger partial charge on any atom is -0.337 e. The maximum atomic E-state index is 14.0. The van der Waals surface area contributed by atoms with Crippen molar-refractivity contribution in [1.82, 2.24) is 19.4 Å². The van der Waals surface area contributed by atoms with Crippen LogP contribution in [0.1, 0.15) is 24.2 Å². The van der Waals surface area contributed by atoms with E-state index in [0.717, 1.165) is 66.1 Å². The van der Waals surface area contributed by atoms with Crippen LogP contribution in [-0.4, -0.2) is 38.4 Å². The molecule has 6 rings (SSSR count). The molecule has 4 aromatic rings. The van der Waals surface area contributed by atoms with Gasteiger partial charge < -0.3 is 4.57 Å². The number of piperidine rings is 1. The summed E-state index contributed by atoms with van der Waals surface area (Å²) in [7, 11) is 2.02. The topological polar surface area (TPSA) is 54.3 Å². The molecule has 33 heavy (non-hydrogen) atoms. The predicted octanol–water partition coefficient (Wildman–Crippen LogP) is 4.83. The first-order valence-electron chi connectivity index (χ1n) is 11.2. The number of imidazole rings is 1. The third-order valence-electron chi connectivity index (χ3n) is 7.16. The number of benzene rings is 2. The van der Waals surface area contributed by atoms with Crippen molar-refractivity contribution in [2.75, 3.05) is 18.0 Å². The zero-order valence-electron chi connectivity index (χ0n) is 18.4. The Labute approximate surface area is 197 Å². The van der Waals surface area contributed by atoms with Gasteiger partial charge in [0, 0.05) is 29.9 Å². The molecule has 2 aromatic carbocycles. The van der Waals surface area contributed by atoms with Crippen LogP contribution in [0.5, 0.6) is 0 Å². The number of hydrogen-bond donors (Lipinski definition) is 0. The van der Waals surface area contributed by atoms with E-state index in [9.17, 15) is 4.79 Å². The Balaban J connectivity index is 1.33. The number of carbonyl (C=O) groups is 1. The van der Waals surface area contributed by atoms with Gasteiger partial charge in [-0.25, -0.2) is 4.98 Å². The Bertz CT molecular complexity index is 1370. The van der Waals surface area contributed by atoms with Gasteiger partial charge in [0.25, 0.3) is 0 Å². The van der Waals surface area contributed by atoms with Crippen LogP contribution in [-0.2, 0) is 23.8 Å². The molecule has 4 heterocycles. The van der Waals surface area contributed by atoms with Crippen molar-refractivity contribution < 1.29 is 4.79 Å². The molecule has 1 amide bonds. The van der Waals surface area contributed by atoms with Crippen LogP contribution >= 0.6 is 11.6 Å². The van der Waals surface area contributed by atoms with Gasteiger partial charge in [-0.1, -0.05) is 35.9 Å². The highest BCUT2D eigenvalue weighted by Gasteiger charge is 2.52. The van der Waals surface area contributed by atoms with Crippen molar-refractivity contribution in [3.05, 3.63) is 83.5 Å². The number of aryl methyl sites for hydroxylation is 1. The van der Waals surface area contributed by atoms with E-state index >= 15 is 0 Å². The number of aromatic nitrogens is 3. The smallest absolute Gasteiger partial charge is 0.242 e. The molecule has 0 aliphatic carbocycles. The molecule has 2 aliphatic heterocycles. The number of para-hydroxylation sites is 1.